The van der Waals surface area contributed by atoms with Crippen LogP contribution in [-0.4, -0.2) is 0 Å². The molecule has 0 nitrogen and oxygen atoms in total. The quantitative estimate of drug-likeness (QED) is 0.467. The van der Waals surface area contributed by atoms with Gasteiger partial charge in [-0.3, -0.25) is 0 Å². The monoisotopic (exact) mass is 244 g/mol. The lowest BCUT2D eigenvalue weighted by atomic mass is 9.74. The van der Waals surface area contributed by atoms with Crippen molar-refractivity contribution in [3.63, 3.8) is 0 Å². The summed E-state index contributed by atoms with van der Waals surface area (Å²) in [7, 11) is 0. The Morgan fingerprint density at radius 1 is 0.632 bits per heavy atom. The first kappa shape index (κ1) is 10.0. The molecule has 92 valence electrons. The predicted molar refractivity (Wildman–Crippen MR) is 80.8 cm³/mol. The number of hydrogen-bond donors (Lipinski definition) is 0. The Labute approximate surface area is 113 Å². The van der Waals surface area contributed by atoms with Crippen molar-refractivity contribution in [3.05, 3.63) is 59.7 Å². The molecule has 0 heteroatoms. The summed E-state index contributed by atoms with van der Waals surface area (Å²) in [5.41, 5.74) is 3.23. The van der Waals surface area contributed by atoms with E-state index in [1.54, 1.807) is 21.9 Å². The van der Waals surface area contributed by atoms with Gasteiger partial charge in [0.05, 0.1) is 0 Å². The molecule has 0 amide bonds. The summed E-state index contributed by atoms with van der Waals surface area (Å²) in [4.78, 5) is 0. The fraction of sp³-hybridized carbons (Fsp3) is 0.263. The summed E-state index contributed by atoms with van der Waals surface area (Å²) in [5.74, 6) is 1.54. The van der Waals surface area contributed by atoms with Crippen molar-refractivity contribution in [1.82, 2.24) is 0 Å². The first-order valence-electron chi connectivity index (χ1n) is 7.38. The lowest BCUT2D eigenvalue weighted by Crippen LogP contribution is -2.10. The van der Waals surface area contributed by atoms with Crippen molar-refractivity contribution in [1.29, 1.82) is 0 Å². The minimum Gasteiger partial charge on any atom is -0.0613 e. The molecule has 0 N–H and O–H groups in total. The second-order valence-corrected chi connectivity index (χ2v) is 6.10. The highest BCUT2D eigenvalue weighted by molar-refractivity contribution is 6.12. The van der Waals surface area contributed by atoms with Crippen LogP contribution in [0.15, 0.2) is 48.5 Å². The minimum atomic E-state index is 0.768. The van der Waals surface area contributed by atoms with E-state index >= 15 is 0 Å². The zero-order valence-corrected chi connectivity index (χ0v) is 10.9. The van der Waals surface area contributed by atoms with Crippen LogP contribution < -0.4 is 0 Å². The Bertz CT molecular complexity index is 744. The van der Waals surface area contributed by atoms with Gasteiger partial charge in [0.25, 0.3) is 0 Å². The molecule has 1 fully saturated rings. The first-order valence-corrected chi connectivity index (χ1v) is 7.38. The molecular formula is C19H16. The van der Waals surface area contributed by atoms with E-state index in [0.717, 1.165) is 11.8 Å². The molecule has 0 spiro atoms. The summed E-state index contributed by atoms with van der Waals surface area (Å²) < 4.78 is 0. The van der Waals surface area contributed by atoms with Gasteiger partial charge in [0.2, 0.25) is 0 Å². The first-order chi connectivity index (χ1) is 9.43. The Kier molecular flexibility index (Phi) is 1.79. The molecule has 0 aliphatic heterocycles. The standard InChI is InChI=1S/C19H16/c1-4-12-10-11-13-5-2-9-17-15-7-3-6-14(15)16(8-1)18(12)19(13)17/h1-2,4-5,8-11,14-15H,3,6-7H2/t14-,15+. The molecular weight excluding hydrogens is 228 g/mol. The van der Waals surface area contributed by atoms with Gasteiger partial charge in [-0.1, -0.05) is 55.0 Å². The number of hydrogen-bond acceptors (Lipinski definition) is 0. The van der Waals surface area contributed by atoms with Crippen molar-refractivity contribution in [2.75, 3.05) is 0 Å². The predicted octanol–water partition coefficient (Wildman–Crippen LogP) is 5.36. The zero-order valence-electron chi connectivity index (χ0n) is 10.9. The van der Waals surface area contributed by atoms with Crippen LogP contribution in [0.1, 0.15) is 42.2 Å². The largest absolute Gasteiger partial charge is 0.0613 e. The lowest BCUT2D eigenvalue weighted by Gasteiger charge is -2.29. The van der Waals surface area contributed by atoms with Crippen LogP contribution in [0.5, 0.6) is 0 Å². The number of benzene rings is 3. The van der Waals surface area contributed by atoms with Crippen LogP contribution in [-0.2, 0) is 0 Å². The molecule has 2 aliphatic carbocycles. The Balaban J connectivity index is 2.09. The number of rotatable bonds is 0. The summed E-state index contributed by atoms with van der Waals surface area (Å²) in [6.07, 6.45) is 4.12. The molecule has 2 aliphatic rings. The van der Waals surface area contributed by atoms with Crippen LogP contribution in [0.2, 0.25) is 0 Å². The fourth-order valence-electron chi connectivity index (χ4n) is 4.53. The smallest absolute Gasteiger partial charge is 0.00674 e. The zero-order chi connectivity index (χ0) is 12.4. The highest BCUT2D eigenvalue weighted by atomic mass is 14.4. The molecule has 0 unspecified atom stereocenters. The Morgan fingerprint density at radius 3 is 1.68 bits per heavy atom. The van der Waals surface area contributed by atoms with Gasteiger partial charge in [-0.15, -0.1) is 0 Å². The van der Waals surface area contributed by atoms with Crippen molar-refractivity contribution in [3.8, 4) is 0 Å². The molecule has 5 rings (SSSR count). The van der Waals surface area contributed by atoms with Gasteiger partial charge in [-0.25, -0.2) is 0 Å². The molecule has 0 aromatic heterocycles. The Hall–Kier alpha value is -1.82. The lowest BCUT2D eigenvalue weighted by molar-refractivity contribution is 0.627. The molecule has 0 saturated heterocycles. The second kappa shape index (κ2) is 3.39. The van der Waals surface area contributed by atoms with Crippen LogP contribution in [0.4, 0.5) is 0 Å². The van der Waals surface area contributed by atoms with E-state index in [0.29, 0.717) is 0 Å². The Morgan fingerprint density at radius 2 is 1.16 bits per heavy atom. The van der Waals surface area contributed by atoms with Crippen LogP contribution in [0, 0.1) is 0 Å². The third-order valence-corrected chi connectivity index (χ3v) is 5.27. The van der Waals surface area contributed by atoms with Crippen LogP contribution in [0.3, 0.4) is 0 Å². The van der Waals surface area contributed by atoms with Crippen LogP contribution >= 0.6 is 0 Å². The number of fused-ring (bicyclic) bond motifs is 3. The SMILES string of the molecule is c1cc2c3c(c1)ccc1cccc(c13)[C@@H]1CCC[C@H]21. The van der Waals surface area contributed by atoms with Gasteiger partial charge in [-0.05, 0) is 57.3 Å². The van der Waals surface area contributed by atoms with Gasteiger partial charge in [-0.2, -0.15) is 0 Å². The van der Waals surface area contributed by atoms with Gasteiger partial charge in [0.1, 0.15) is 0 Å². The maximum atomic E-state index is 2.38. The highest BCUT2D eigenvalue weighted by Gasteiger charge is 2.35. The van der Waals surface area contributed by atoms with E-state index in [-0.39, 0.29) is 0 Å². The van der Waals surface area contributed by atoms with Gasteiger partial charge in [0, 0.05) is 0 Å². The summed E-state index contributed by atoms with van der Waals surface area (Å²) in [6.45, 7) is 0. The van der Waals surface area contributed by atoms with Gasteiger partial charge < -0.3 is 0 Å². The third-order valence-electron chi connectivity index (χ3n) is 5.27. The molecule has 3 aromatic rings. The fourth-order valence-corrected chi connectivity index (χ4v) is 4.53. The van der Waals surface area contributed by atoms with E-state index in [1.165, 1.54) is 30.0 Å². The average molecular weight is 244 g/mol. The van der Waals surface area contributed by atoms with Crippen molar-refractivity contribution in [2.45, 2.75) is 31.1 Å². The van der Waals surface area contributed by atoms with Crippen molar-refractivity contribution < 1.29 is 0 Å². The topological polar surface area (TPSA) is 0 Å². The maximum absolute atomic E-state index is 2.38. The molecule has 0 heterocycles. The molecule has 2 atom stereocenters. The van der Waals surface area contributed by atoms with E-state index in [2.05, 4.69) is 48.5 Å². The summed E-state index contributed by atoms with van der Waals surface area (Å²) in [5, 5.41) is 5.92. The van der Waals surface area contributed by atoms with Gasteiger partial charge in [0.15, 0.2) is 0 Å². The molecule has 3 aromatic carbocycles. The van der Waals surface area contributed by atoms with Crippen molar-refractivity contribution >= 4 is 21.5 Å². The van der Waals surface area contributed by atoms with Crippen molar-refractivity contribution in [2.24, 2.45) is 0 Å². The minimum absolute atomic E-state index is 0.768. The average Bonchev–Trinajstić information content (AvgIpc) is 2.95. The molecule has 0 bridgehead atoms. The summed E-state index contributed by atoms with van der Waals surface area (Å²) >= 11 is 0. The highest BCUT2D eigenvalue weighted by Crippen LogP contribution is 2.54. The van der Waals surface area contributed by atoms with E-state index in [9.17, 15) is 0 Å². The maximum Gasteiger partial charge on any atom is -0.00674 e. The molecule has 0 radical (unpaired) electrons. The van der Waals surface area contributed by atoms with E-state index < -0.39 is 0 Å². The molecule has 19 heavy (non-hydrogen) atoms. The van der Waals surface area contributed by atoms with E-state index in [1.807, 2.05) is 0 Å². The normalized spacial score (nSPS) is 24.2. The van der Waals surface area contributed by atoms with E-state index in [4.69, 9.17) is 0 Å². The molecule has 1 saturated carbocycles. The van der Waals surface area contributed by atoms with Crippen LogP contribution in [0.25, 0.3) is 21.5 Å². The van der Waals surface area contributed by atoms with Gasteiger partial charge >= 0.3 is 0 Å². The second-order valence-electron chi connectivity index (χ2n) is 6.10. The summed E-state index contributed by atoms with van der Waals surface area (Å²) in [6, 6.07) is 18.4. The third kappa shape index (κ3) is 1.15.